The predicted molar refractivity (Wildman–Crippen MR) is 81.7 cm³/mol. The number of para-hydroxylation sites is 1. The van der Waals surface area contributed by atoms with Crippen molar-refractivity contribution < 1.29 is 22.4 Å². The molecule has 2 heterocycles. The maximum atomic E-state index is 14.0. The molecule has 6 nitrogen and oxygen atoms in total. The summed E-state index contributed by atoms with van der Waals surface area (Å²) in [6.07, 6.45) is -3.42. The third-order valence-corrected chi connectivity index (χ3v) is 4.06. The van der Waals surface area contributed by atoms with E-state index in [1.54, 1.807) is 0 Å². The number of hydrogen-bond donors (Lipinski definition) is 1. The monoisotopic (exact) mass is 372 g/mol. The highest BCUT2D eigenvalue weighted by atomic mass is 32.1. The van der Waals surface area contributed by atoms with Crippen LogP contribution in [0.3, 0.4) is 0 Å². The molecule has 3 rings (SSSR count). The molecule has 0 aliphatic carbocycles. The Morgan fingerprint density at radius 2 is 2.00 bits per heavy atom. The third-order valence-electron chi connectivity index (χ3n) is 3.17. The fourth-order valence-corrected chi connectivity index (χ4v) is 2.79. The van der Waals surface area contributed by atoms with Gasteiger partial charge in [-0.25, -0.2) is 4.39 Å². The van der Waals surface area contributed by atoms with E-state index in [4.69, 9.17) is 0 Å². The molecule has 0 radical (unpaired) electrons. The minimum atomic E-state index is -4.65. The van der Waals surface area contributed by atoms with Gasteiger partial charge in [0.1, 0.15) is 12.4 Å². The van der Waals surface area contributed by atoms with Crippen molar-refractivity contribution >= 4 is 33.3 Å². The summed E-state index contributed by atoms with van der Waals surface area (Å²) in [5.74, 6) is -1.43. The molecule has 0 atom stereocenters. The van der Waals surface area contributed by atoms with Gasteiger partial charge in [-0.2, -0.15) is 13.2 Å². The van der Waals surface area contributed by atoms with Gasteiger partial charge in [0, 0.05) is 17.6 Å². The molecule has 0 fully saturated rings. The van der Waals surface area contributed by atoms with Crippen LogP contribution in [0.4, 0.5) is 22.7 Å². The lowest BCUT2D eigenvalue weighted by atomic mass is 10.2. The highest BCUT2D eigenvalue weighted by molar-refractivity contribution is 7.15. The molecule has 0 unspecified atom stereocenters. The Labute approximate surface area is 140 Å². The first-order chi connectivity index (χ1) is 11.8. The summed E-state index contributed by atoms with van der Waals surface area (Å²) in [6, 6.07) is 5.08. The quantitative estimate of drug-likeness (QED) is 0.717. The lowest BCUT2D eigenvalue weighted by Crippen LogP contribution is -2.20. The summed E-state index contributed by atoms with van der Waals surface area (Å²) in [6.45, 7) is -0.418. The summed E-state index contributed by atoms with van der Waals surface area (Å²) in [5, 5.41) is 6.92. The number of carbonyl (C=O) groups excluding carboxylic acids is 1. The molecule has 2 aromatic heterocycles. The number of halogens is 4. The molecule has 1 N–H and O–H groups in total. The van der Waals surface area contributed by atoms with Crippen molar-refractivity contribution in [3.8, 4) is 0 Å². The van der Waals surface area contributed by atoms with Crippen molar-refractivity contribution in [2.45, 2.75) is 12.7 Å². The van der Waals surface area contributed by atoms with E-state index < -0.39 is 34.9 Å². The van der Waals surface area contributed by atoms with Crippen LogP contribution in [-0.4, -0.2) is 20.7 Å². The van der Waals surface area contributed by atoms with E-state index in [1.807, 2.05) is 0 Å². The average Bonchev–Trinajstić information content (AvgIpc) is 2.99. The summed E-state index contributed by atoms with van der Waals surface area (Å²) in [5.41, 5.74) is -0.483. The number of benzene rings is 1. The third kappa shape index (κ3) is 3.50. The van der Waals surface area contributed by atoms with Gasteiger partial charge >= 0.3 is 6.18 Å². The predicted octanol–water partition coefficient (Wildman–Crippen LogP) is 2.65. The second-order valence-corrected chi connectivity index (χ2v) is 5.88. The smallest absolute Gasteiger partial charge is 0.335 e. The van der Waals surface area contributed by atoms with Gasteiger partial charge < -0.3 is 4.57 Å². The van der Waals surface area contributed by atoms with Gasteiger partial charge in [0.25, 0.3) is 0 Å². The molecule has 0 saturated carbocycles. The number of nitrogens with one attached hydrogen (secondary N) is 1. The van der Waals surface area contributed by atoms with Crippen LogP contribution in [0.25, 0.3) is 10.9 Å². The lowest BCUT2D eigenvalue weighted by molar-refractivity contribution is -0.138. The fourth-order valence-electron chi connectivity index (χ4n) is 2.16. The zero-order valence-electron chi connectivity index (χ0n) is 12.2. The Morgan fingerprint density at radius 1 is 1.24 bits per heavy atom. The van der Waals surface area contributed by atoms with Gasteiger partial charge in [-0.05, 0) is 12.1 Å². The number of carbonyl (C=O) groups is 1. The van der Waals surface area contributed by atoms with E-state index in [2.05, 4.69) is 15.5 Å². The van der Waals surface area contributed by atoms with Crippen LogP contribution in [0.1, 0.15) is 5.01 Å². The van der Waals surface area contributed by atoms with Gasteiger partial charge in [-0.3, -0.25) is 14.9 Å². The molecule has 3 aromatic rings. The van der Waals surface area contributed by atoms with Gasteiger partial charge in [-0.15, -0.1) is 10.2 Å². The Hall–Kier alpha value is -2.82. The van der Waals surface area contributed by atoms with Gasteiger partial charge in [0.05, 0.1) is 5.52 Å². The van der Waals surface area contributed by atoms with Crippen LogP contribution in [-0.2, 0) is 17.5 Å². The van der Waals surface area contributed by atoms with E-state index in [0.717, 1.165) is 6.07 Å². The topological polar surface area (TPSA) is 76.9 Å². The highest BCUT2D eigenvalue weighted by Crippen LogP contribution is 2.32. The summed E-state index contributed by atoms with van der Waals surface area (Å²) >= 11 is 0.175. The van der Waals surface area contributed by atoms with Gasteiger partial charge in [-0.1, -0.05) is 17.4 Å². The molecular weight excluding hydrogens is 364 g/mol. The minimum Gasteiger partial charge on any atom is -0.335 e. The molecule has 0 aliphatic rings. The standard InChI is InChI=1S/C14H8F4N4O2S/c15-8-3-1-2-7-9(23)4-5-22(11(7)8)6-10(24)19-13-21-20-12(25-13)14(16,17)18/h1-5H,6H2,(H,19,21,24). The van der Waals surface area contributed by atoms with E-state index in [9.17, 15) is 27.2 Å². The average molecular weight is 372 g/mol. The number of aromatic nitrogens is 3. The molecule has 0 saturated heterocycles. The van der Waals surface area contributed by atoms with Gasteiger partial charge in [0.15, 0.2) is 5.43 Å². The van der Waals surface area contributed by atoms with Crippen molar-refractivity contribution in [3.63, 3.8) is 0 Å². The number of anilines is 1. The molecule has 1 amide bonds. The largest absolute Gasteiger partial charge is 0.445 e. The Balaban J connectivity index is 1.85. The Morgan fingerprint density at radius 3 is 2.68 bits per heavy atom. The molecule has 1 aromatic carbocycles. The Bertz CT molecular complexity index is 1010. The normalized spacial score (nSPS) is 11.7. The molecule has 25 heavy (non-hydrogen) atoms. The first-order valence-corrected chi connectivity index (χ1v) is 7.55. The number of amides is 1. The van der Waals surface area contributed by atoms with E-state index in [1.165, 1.54) is 29.0 Å². The highest BCUT2D eigenvalue weighted by Gasteiger charge is 2.35. The number of alkyl halides is 3. The fraction of sp³-hybridized carbons (Fsp3) is 0.143. The Kier molecular flexibility index (Phi) is 4.25. The first kappa shape index (κ1) is 17.0. The number of fused-ring (bicyclic) bond motifs is 1. The minimum absolute atomic E-state index is 0.0709. The zero-order chi connectivity index (χ0) is 18.2. The van der Waals surface area contributed by atoms with E-state index in [0.29, 0.717) is 0 Å². The maximum Gasteiger partial charge on any atom is 0.445 e. The van der Waals surface area contributed by atoms with Crippen LogP contribution in [0.5, 0.6) is 0 Å². The molecule has 11 heteroatoms. The second-order valence-electron chi connectivity index (χ2n) is 4.90. The van der Waals surface area contributed by atoms with Gasteiger partial charge in [0.2, 0.25) is 16.0 Å². The molecule has 0 aliphatic heterocycles. The number of pyridine rings is 1. The molecule has 0 bridgehead atoms. The second kappa shape index (κ2) is 6.24. The molecular formula is C14H8F4N4O2S. The van der Waals surface area contributed by atoms with E-state index in [-0.39, 0.29) is 27.4 Å². The van der Waals surface area contributed by atoms with Crippen molar-refractivity contribution in [3.05, 3.63) is 51.5 Å². The molecule has 0 spiro atoms. The van der Waals surface area contributed by atoms with Crippen LogP contribution < -0.4 is 10.7 Å². The first-order valence-electron chi connectivity index (χ1n) is 6.74. The van der Waals surface area contributed by atoms with Crippen LogP contribution >= 0.6 is 11.3 Å². The van der Waals surface area contributed by atoms with Crippen LogP contribution in [0.15, 0.2) is 35.3 Å². The van der Waals surface area contributed by atoms with E-state index >= 15 is 0 Å². The van der Waals surface area contributed by atoms with Crippen molar-refractivity contribution in [2.75, 3.05) is 5.32 Å². The summed E-state index contributed by atoms with van der Waals surface area (Å²) in [4.78, 5) is 23.8. The summed E-state index contributed by atoms with van der Waals surface area (Å²) < 4.78 is 52.6. The number of rotatable bonds is 3. The number of hydrogen-bond acceptors (Lipinski definition) is 5. The van der Waals surface area contributed by atoms with Crippen molar-refractivity contribution in [1.29, 1.82) is 0 Å². The van der Waals surface area contributed by atoms with Crippen LogP contribution in [0, 0.1) is 5.82 Å². The van der Waals surface area contributed by atoms with Crippen molar-refractivity contribution in [1.82, 2.24) is 14.8 Å². The zero-order valence-corrected chi connectivity index (χ0v) is 13.0. The SMILES string of the molecule is O=C(Cn1ccc(=O)c2cccc(F)c21)Nc1nnc(C(F)(F)F)s1. The lowest BCUT2D eigenvalue weighted by Gasteiger charge is -2.10. The van der Waals surface area contributed by atoms with Crippen molar-refractivity contribution in [2.24, 2.45) is 0 Å². The maximum absolute atomic E-state index is 14.0. The molecule has 130 valence electrons. The summed E-state index contributed by atoms with van der Waals surface area (Å²) in [7, 11) is 0. The number of nitrogens with zero attached hydrogens (tertiary/aromatic N) is 3. The van der Waals surface area contributed by atoms with Crippen LogP contribution in [0.2, 0.25) is 0 Å².